The first kappa shape index (κ1) is 18.1. The fourth-order valence-corrected chi connectivity index (χ4v) is 3.66. The van der Waals surface area contributed by atoms with E-state index in [4.69, 9.17) is 0 Å². The second-order valence-electron chi connectivity index (χ2n) is 7.03. The zero-order valence-corrected chi connectivity index (χ0v) is 15.5. The van der Waals surface area contributed by atoms with Gasteiger partial charge in [0, 0.05) is 23.5 Å². The van der Waals surface area contributed by atoms with Gasteiger partial charge in [0.15, 0.2) is 11.4 Å². The van der Waals surface area contributed by atoms with Crippen LogP contribution in [-0.4, -0.2) is 21.8 Å². The summed E-state index contributed by atoms with van der Waals surface area (Å²) in [6.07, 6.45) is 2.73. The van der Waals surface area contributed by atoms with Crippen molar-refractivity contribution in [3.05, 3.63) is 95.3 Å². The van der Waals surface area contributed by atoms with E-state index in [-0.39, 0.29) is 12.2 Å². The number of benzene rings is 2. The molecule has 3 aromatic rings. The Kier molecular flexibility index (Phi) is 4.53. The molecule has 0 radical (unpaired) electrons. The first-order chi connectivity index (χ1) is 13.5. The molecule has 140 valence electrons. The lowest BCUT2D eigenvalue weighted by atomic mass is 9.88. The fourth-order valence-electron chi connectivity index (χ4n) is 3.66. The van der Waals surface area contributed by atoms with Gasteiger partial charge in [-0.15, -0.1) is 0 Å². The molecule has 4 rings (SSSR count). The third-order valence-electron chi connectivity index (χ3n) is 5.25. The van der Waals surface area contributed by atoms with Crippen molar-refractivity contribution in [2.75, 3.05) is 4.90 Å². The number of nitrogens with zero attached hydrogens (tertiary/aromatic N) is 2. The Hall–Kier alpha value is -3.31. The summed E-state index contributed by atoms with van der Waals surface area (Å²) in [6.45, 7) is 2.33. The Balaban J connectivity index is 1.70. The first-order valence-electron chi connectivity index (χ1n) is 9.12. The molecule has 2 heterocycles. The monoisotopic (exact) mass is 372 g/mol. The Labute approximate surface area is 163 Å². The molecule has 2 aromatic carbocycles. The number of aromatic nitrogens is 1. The zero-order valence-electron chi connectivity index (χ0n) is 15.5. The number of anilines is 1. The van der Waals surface area contributed by atoms with Crippen molar-refractivity contribution in [2.45, 2.75) is 25.5 Å². The van der Waals surface area contributed by atoms with Gasteiger partial charge in [-0.3, -0.25) is 14.6 Å². The number of aliphatic hydroxyl groups is 1. The van der Waals surface area contributed by atoms with Crippen LogP contribution in [0.15, 0.2) is 73.1 Å². The van der Waals surface area contributed by atoms with Crippen LogP contribution < -0.4 is 4.90 Å². The van der Waals surface area contributed by atoms with E-state index in [1.165, 1.54) is 12.4 Å². The molecule has 0 saturated carbocycles. The number of carbonyl (C=O) groups excluding carboxylic acids is 2. The number of Topliss-reactive ketones (excluding diaryl/α,β-unsaturated/α-hetero) is 1. The number of hydrogen-bond donors (Lipinski definition) is 1. The molecule has 5 heteroatoms. The van der Waals surface area contributed by atoms with Gasteiger partial charge in [-0.2, -0.15) is 0 Å². The Morgan fingerprint density at radius 3 is 2.46 bits per heavy atom. The van der Waals surface area contributed by atoms with Crippen molar-refractivity contribution in [1.29, 1.82) is 0 Å². The van der Waals surface area contributed by atoms with Crippen molar-refractivity contribution in [1.82, 2.24) is 4.98 Å². The van der Waals surface area contributed by atoms with E-state index in [1.807, 2.05) is 37.3 Å². The van der Waals surface area contributed by atoms with Gasteiger partial charge in [-0.25, -0.2) is 0 Å². The van der Waals surface area contributed by atoms with E-state index in [9.17, 15) is 14.7 Å². The van der Waals surface area contributed by atoms with E-state index in [0.29, 0.717) is 23.4 Å². The number of fused-ring (bicyclic) bond motifs is 1. The zero-order chi connectivity index (χ0) is 19.7. The largest absolute Gasteiger partial charge is 0.375 e. The van der Waals surface area contributed by atoms with Crippen LogP contribution in [0.1, 0.15) is 33.5 Å². The molecular formula is C23H20N2O3. The summed E-state index contributed by atoms with van der Waals surface area (Å²) in [4.78, 5) is 31.5. The number of aryl methyl sites for hydroxylation is 1. The SMILES string of the molecule is Cc1ccccc1CN1C(=O)[C@@](O)(CC(=O)c2ccncc2)c2ccccc21. The topological polar surface area (TPSA) is 70.5 Å². The number of carbonyl (C=O) groups is 2. The van der Waals surface area contributed by atoms with E-state index >= 15 is 0 Å². The first-order valence-corrected chi connectivity index (χ1v) is 9.12. The van der Waals surface area contributed by atoms with Crippen molar-refractivity contribution in [2.24, 2.45) is 0 Å². The van der Waals surface area contributed by atoms with Gasteiger partial charge >= 0.3 is 0 Å². The van der Waals surface area contributed by atoms with Crippen LogP contribution in [0.5, 0.6) is 0 Å². The summed E-state index contributed by atoms with van der Waals surface area (Å²) in [5, 5.41) is 11.3. The molecule has 1 N–H and O–H groups in total. The molecule has 28 heavy (non-hydrogen) atoms. The molecule has 0 unspecified atom stereocenters. The Morgan fingerprint density at radius 1 is 1.04 bits per heavy atom. The fraction of sp³-hybridized carbons (Fsp3) is 0.174. The lowest BCUT2D eigenvalue weighted by Gasteiger charge is -2.23. The van der Waals surface area contributed by atoms with Crippen LogP contribution >= 0.6 is 0 Å². The van der Waals surface area contributed by atoms with Crippen LogP contribution in [0, 0.1) is 6.92 Å². The molecule has 1 atom stereocenters. The highest BCUT2D eigenvalue weighted by Crippen LogP contribution is 2.43. The van der Waals surface area contributed by atoms with Crippen LogP contribution in [0.4, 0.5) is 5.69 Å². The van der Waals surface area contributed by atoms with E-state index in [1.54, 1.807) is 35.2 Å². The summed E-state index contributed by atoms with van der Waals surface area (Å²) in [5.41, 5.74) is 1.72. The minimum atomic E-state index is -1.88. The van der Waals surface area contributed by atoms with Crippen molar-refractivity contribution in [3.63, 3.8) is 0 Å². The quantitative estimate of drug-likeness (QED) is 0.697. The van der Waals surface area contributed by atoms with Crippen LogP contribution in [0.25, 0.3) is 0 Å². The van der Waals surface area contributed by atoms with Crippen molar-refractivity contribution < 1.29 is 14.7 Å². The van der Waals surface area contributed by atoms with Gasteiger partial charge in [0.2, 0.25) is 0 Å². The van der Waals surface area contributed by atoms with E-state index in [2.05, 4.69) is 4.98 Å². The normalized spacial score (nSPS) is 18.2. The second-order valence-corrected chi connectivity index (χ2v) is 7.03. The lowest BCUT2D eigenvalue weighted by Crippen LogP contribution is -2.41. The molecule has 0 fully saturated rings. The standard InChI is InChI=1S/C23H20N2O3/c1-16-6-2-3-7-18(16)15-25-20-9-5-4-8-19(20)23(28,22(25)27)14-21(26)17-10-12-24-13-11-17/h2-13,28H,14-15H2,1H3/t23-/m1/s1. The van der Waals surface area contributed by atoms with Gasteiger partial charge < -0.3 is 10.0 Å². The van der Waals surface area contributed by atoms with Crippen LogP contribution in [0.2, 0.25) is 0 Å². The average Bonchev–Trinajstić information content (AvgIpc) is 2.92. The van der Waals surface area contributed by atoms with Gasteiger partial charge in [0.25, 0.3) is 5.91 Å². The summed E-state index contributed by atoms with van der Waals surface area (Å²) in [7, 11) is 0. The molecule has 1 aromatic heterocycles. The van der Waals surface area contributed by atoms with Crippen LogP contribution in [0.3, 0.4) is 0 Å². The maximum absolute atomic E-state index is 13.3. The molecule has 0 bridgehead atoms. The molecule has 1 aliphatic rings. The van der Waals surface area contributed by atoms with E-state index < -0.39 is 11.5 Å². The second kappa shape index (κ2) is 7.02. The highest BCUT2D eigenvalue weighted by atomic mass is 16.3. The maximum atomic E-state index is 13.3. The molecule has 1 amide bonds. The van der Waals surface area contributed by atoms with E-state index in [0.717, 1.165) is 11.1 Å². The van der Waals surface area contributed by atoms with Gasteiger partial charge in [-0.05, 0) is 36.2 Å². The highest BCUT2D eigenvalue weighted by molar-refractivity contribution is 6.10. The van der Waals surface area contributed by atoms with Crippen LogP contribution in [-0.2, 0) is 16.9 Å². The van der Waals surface area contributed by atoms with Gasteiger partial charge in [0.1, 0.15) is 0 Å². The molecule has 0 spiro atoms. The Bertz CT molecular complexity index is 1050. The molecule has 5 nitrogen and oxygen atoms in total. The lowest BCUT2D eigenvalue weighted by molar-refractivity contribution is -0.136. The molecule has 0 aliphatic carbocycles. The number of hydrogen-bond acceptors (Lipinski definition) is 4. The number of amides is 1. The number of pyridine rings is 1. The third kappa shape index (κ3) is 3.00. The minimum Gasteiger partial charge on any atom is -0.375 e. The predicted octanol–water partition coefficient (Wildman–Crippen LogP) is 3.40. The number of para-hydroxylation sites is 1. The molecular weight excluding hydrogens is 352 g/mol. The summed E-state index contributed by atoms with van der Waals surface area (Å²) < 4.78 is 0. The molecule has 0 saturated heterocycles. The minimum absolute atomic E-state index is 0.300. The summed E-state index contributed by atoms with van der Waals surface area (Å²) >= 11 is 0. The Morgan fingerprint density at radius 2 is 1.71 bits per heavy atom. The highest BCUT2D eigenvalue weighted by Gasteiger charge is 2.50. The summed E-state index contributed by atoms with van der Waals surface area (Å²) in [5.74, 6) is -0.773. The van der Waals surface area contributed by atoms with Gasteiger partial charge in [0.05, 0.1) is 18.7 Å². The summed E-state index contributed by atoms with van der Waals surface area (Å²) in [6, 6.07) is 18.1. The molecule has 1 aliphatic heterocycles. The van der Waals surface area contributed by atoms with Crippen molar-refractivity contribution >= 4 is 17.4 Å². The average molecular weight is 372 g/mol. The smallest absolute Gasteiger partial charge is 0.264 e. The number of rotatable bonds is 5. The predicted molar refractivity (Wildman–Crippen MR) is 106 cm³/mol. The van der Waals surface area contributed by atoms with Crippen molar-refractivity contribution in [3.8, 4) is 0 Å². The third-order valence-corrected chi connectivity index (χ3v) is 5.25. The van der Waals surface area contributed by atoms with Gasteiger partial charge in [-0.1, -0.05) is 42.5 Å². The maximum Gasteiger partial charge on any atom is 0.264 e. The number of ketones is 1.